The molecule has 2 N–H and O–H groups in total. The van der Waals surface area contributed by atoms with Crippen molar-refractivity contribution in [3.05, 3.63) is 65.2 Å². The molecular formula is C22H30N3O3S+. The molecule has 1 aliphatic heterocycles. The van der Waals surface area contributed by atoms with E-state index < -0.39 is 10.0 Å². The van der Waals surface area contributed by atoms with Gasteiger partial charge >= 0.3 is 0 Å². The van der Waals surface area contributed by atoms with Crippen LogP contribution in [-0.4, -0.2) is 56.3 Å². The first-order valence-corrected chi connectivity index (χ1v) is 11.5. The summed E-state index contributed by atoms with van der Waals surface area (Å²) in [5.74, 6) is 0.0524. The highest BCUT2D eigenvalue weighted by atomic mass is 32.2. The number of nitrogens with two attached hydrogens (primary N) is 1. The van der Waals surface area contributed by atoms with Crippen molar-refractivity contribution < 1.29 is 18.5 Å². The molecule has 2 aromatic rings. The number of carbonyl (C=O) groups is 1. The van der Waals surface area contributed by atoms with Crippen LogP contribution in [0.25, 0.3) is 0 Å². The number of piperazine rings is 1. The summed E-state index contributed by atoms with van der Waals surface area (Å²) in [5.41, 5.74) is 2.86. The van der Waals surface area contributed by atoms with Crippen LogP contribution in [0.5, 0.6) is 0 Å². The summed E-state index contributed by atoms with van der Waals surface area (Å²) in [6.07, 6.45) is 0. The maximum atomic E-state index is 13.0. The third kappa shape index (κ3) is 5.04. The Hall–Kier alpha value is -2.22. The summed E-state index contributed by atoms with van der Waals surface area (Å²) < 4.78 is 27.5. The average Bonchev–Trinajstić information content (AvgIpc) is 2.74. The molecule has 6 nitrogen and oxygen atoms in total. The van der Waals surface area contributed by atoms with E-state index in [4.69, 9.17) is 0 Å². The first-order valence-electron chi connectivity index (χ1n) is 10.0. The quantitative estimate of drug-likeness (QED) is 0.775. The highest BCUT2D eigenvalue weighted by Gasteiger charge is 2.31. The summed E-state index contributed by atoms with van der Waals surface area (Å²) in [6.45, 7) is 7.66. The summed E-state index contributed by atoms with van der Waals surface area (Å²) in [5, 5.41) is 2.02. The Kier molecular flexibility index (Phi) is 6.72. The summed E-state index contributed by atoms with van der Waals surface area (Å²) in [6, 6.07) is 15.8. The molecule has 7 heteroatoms. The Labute approximate surface area is 173 Å². The minimum absolute atomic E-state index is 0.0524. The Morgan fingerprint density at radius 3 is 2.34 bits per heavy atom. The number of quaternary nitrogens is 1. The molecule has 0 radical (unpaired) electrons. The zero-order valence-corrected chi connectivity index (χ0v) is 18.2. The summed E-state index contributed by atoms with van der Waals surface area (Å²) >= 11 is 0. The van der Waals surface area contributed by atoms with Crippen LogP contribution in [0.15, 0.2) is 53.4 Å². The van der Waals surface area contributed by atoms with Crippen molar-refractivity contribution in [2.24, 2.45) is 0 Å². The maximum Gasteiger partial charge on any atom is 0.277 e. The van der Waals surface area contributed by atoms with E-state index in [2.05, 4.69) is 19.1 Å². The van der Waals surface area contributed by atoms with Crippen LogP contribution < -0.4 is 5.32 Å². The smallest absolute Gasteiger partial charge is 0.277 e. The molecular weight excluding hydrogens is 386 g/mol. The van der Waals surface area contributed by atoms with Crippen LogP contribution in [0.1, 0.15) is 29.7 Å². The minimum Gasteiger partial charge on any atom is -0.335 e. The van der Waals surface area contributed by atoms with E-state index in [1.165, 1.54) is 9.87 Å². The molecule has 1 aliphatic rings. The lowest BCUT2D eigenvalue weighted by molar-refractivity contribution is -0.683. The molecule has 3 rings (SSSR count). The van der Waals surface area contributed by atoms with Gasteiger partial charge in [0.2, 0.25) is 10.0 Å². The largest absolute Gasteiger partial charge is 0.335 e. The molecule has 0 aromatic heterocycles. The van der Waals surface area contributed by atoms with Crippen LogP contribution in [0.4, 0.5) is 0 Å². The predicted molar refractivity (Wildman–Crippen MR) is 113 cm³/mol. The van der Waals surface area contributed by atoms with Crippen LogP contribution in [0.3, 0.4) is 0 Å². The molecule has 0 bridgehead atoms. The second-order valence-electron chi connectivity index (χ2n) is 7.69. The van der Waals surface area contributed by atoms with Crippen LogP contribution in [0.2, 0.25) is 0 Å². The lowest BCUT2D eigenvalue weighted by atomic mass is 10.1. The Bertz CT molecular complexity index is 953. The number of hydrogen-bond donors (Lipinski definition) is 1. The fourth-order valence-corrected chi connectivity index (χ4v) is 5.33. The first kappa shape index (κ1) is 21.5. The van der Waals surface area contributed by atoms with Crippen molar-refractivity contribution in [3.63, 3.8) is 0 Å². The average molecular weight is 417 g/mol. The van der Waals surface area contributed by atoms with Crippen molar-refractivity contribution >= 4 is 15.9 Å². The van der Waals surface area contributed by atoms with E-state index in [0.717, 1.165) is 11.1 Å². The zero-order chi connectivity index (χ0) is 21.0. The van der Waals surface area contributed by atoms with E-state index in [0.29, 0.717) is 37.6 Å². The number of amides is 1. The molecule has 0 aliphatic carbocycles. The Balaban J connectivity index is 1.56. The molecule has 1 amide bonds. The van der Waals surface area contributed by atoms with E-state index in [-0.39, 0.29) is 11.9 Å². The SMILES string of the molecule is Cc1ccc(C)c(S(=O)(=O)N2CCN(C(=O)C[NH2+][C@@H](C)c3ccccc3)CC2)c1. The zero-order valence-electron chi connectivity index (χ0n) is 17.3. The molecule has 2 aromatic carbocycles. The van der Waals surface area contributed by atoms with Gasteiger partial charge in [0.15, 0.2) is 6.54 Å². The van der Waals surface area contributed by atoms with Crippen LogP contribution in [-0.2, 0) is 14.8 Å². The molecule has 0 spiro atoms. The molecule has 1 saturated heterocycles. The second-order valence-corrected chi connectivity index (χ2v) is 9.60. The molecule has 1 atom stereocenters. The van der Waals surface area contributed by atoms with Crippen molar-refractivity contribution in [3.8, 4) is 0 Å². The number of carbonyl (C=O) groups excluding carboxylic acids is 1. The van der Waals surface area contributed by atoms with Crippen LogP contribution >= 0.6 is 0 Å². The molecule has 29 heavy (non-hydrogen) atoms. The molecule has 0 unspecified atom stereocenters. The van der Waals surface area contributed by atoms with E-state index in [9.17, 15) is 13.2 Å². The van der Waals surface area contributed by atoms with Crippen molar-refractivity contribution in [1.29, 1.82) is 0 Å². The van der Waals surface area contributed by atoms with Gasteiger partial charge in [-0.15, -0.1) is 0 Å². The molecule has 1 heterocycles. The third-order valence-corrected chi connectivity index (χ3v) is 7.56. The maximum absolute atomic E-state index is 13.0. The highest BCUT2D eigenvalue weighted by molar-refractivity contribution is 7.89. The summed E-state index contributed by atoms with van der Waals surface area (Å²) in [4.78, 5) is 14.7. The van der Waals surface area contributed by atoms with Gasteiger partial charge in [-0.1, -0.05) is 42.5 Å². The standard InChI is InChI=1S/C22H29N3O3S/c1-17-9-10-18(2)21(15-17)29(27,28)25-13-11-24(12-14-25)22(26)16-23-19(3)20-7-5-4-6-8-20/h4-10,15,19,23H,11-14,16H2,1-3H3/p+1/t19-/m0/s1. The van der Waals surface area contributed by atoms with Gasteiger partial charge in [-0.25, -0.2) is 8.42 Å². The lowest BCUT2D eigenvalue weighted by Gasteiger charge is -2.34. The number of sulfonamides is 1. The molecule has 0 saturated carbocycles. The Morgan fingerprint density at radius 1 is 1.03 bits per heavy atom. The second kappa shape index (κ2) is 9.07. The van der Waals surface area contributed by atoms with Crippen LogP contribution in [0, 0.1) is 13.8 Å². The normalized spacial score (nSPS) is 16.6. The number of rotatable bonds is 6. The molecule has 156 valence electrons. The van der Waals surface area contributed by atoms with Gasteiger partial charge < -0.3 is 10.2 Å². The predicted octanol–water partition coefficient (Wildman–Crippen LogP) is 1.46. The van der Waals surface area contributed by atoms with Crippen molar-refractivity contribution in [2.45, 2.75) is 31.7 Å². The minimum atomic E-state index is -3.54. The Morgan fingerprint density at radius 2 is 1.69 bits per heavy atom. The third-order valence-electron chi connectivity index (χ3n) is 5.52. The number of aryl methyl sites for hydroxylation is 2. The van der Waals surface area contributed by atoms with Crippen molar-refractivity contribution in [2.75, 3.05) is 32.7 Å². The van der Waals surface area contributed by atoms with Gasteiger partial charge in [0, 0.05) is 31.7 Å². The topological polar surface area (TPSA) is 74.3 Å². The van der Waals surface area contributed by atoms with E-state index in [1.807, 2.05) is 49.5 Å². The fraction of sp³-hybridized carbons (Fsp3) is 0.409. The fourth-order valence-electron chi connectivity index (χ4n) is 3.60. The first-order chi connectivity index (χ1) is 13.8. The summed E-state index contributed by atoms with van der Waals surface area (Å²) in [7, 11) is -3.54. The van der Waals surface area contributed by atoms with Gasteiger partial charge in [0.05, 0.1) is 4.90 Å². The van der Waals surface area contributed by atoms with Gasteiger partial charge in [-0.3, -0.25) is 4.79 Å². The van der Waals surface area contributed by atoms with Gasteiger partial charge in [-0.2, -0.15) is 4.31 Å². The van der Waals surface area contributed by atoms with Gasteiger partial charge in [0.25, 0.3) is 5.91 Å². The number of benzene rings is 2. The lowest BCUT2D eigenvalue weighted by Crippen LogP contribution is -2.87. The highest BCUT2D eigenvalue weighted by Crippen LogP contribution is 2.22. The number of nitrogens with zero attached hydrogens (tertiary/aromatic N) is 2. The van der Waals surface area contributed by atoms with Gasteiger partial charge in [0.1, 0.15) is 6.04 Å². The number of hydrogen-bond acceptors (Lipinski definition) is 3. The molecule has 1 fully saturated rings. The van der Waals surface area contributed by atoms with E-state index >= 15 is 0 Å². The van der Waals surface area contributed by atoms with Gasteiger partial charge in [-0.05, 0) is 38.0 Å². The van der Waals surface area contributed by atoms with E-state index in [1.54, 1.807) is 11.0 Å². The monoisotopic (exact) mass is 416 g/mol. The van der Waals surface area contributed by atoms with Crippen molar-refractivity contribution in [1.82, 2.24) is 9.21 Å².